The molecule has 0 radical (unpaired) electrons. The van der Waals surface area contributed by atoms with Gasteiger partial charge in [0, 0.05) is 22.8 Å². The van der Waals surface area contributed by atoms with Gasteiger partial charge in [-0.1, -0.05) is 30.3 Å². The first-order valence-corrected chi connectivity index (χ1v) is 9.65. The van der Waals surface area contributed by atoms with Crippen LogP contribution in [0.3, 0.4) is 0 Å². The Labute approximate surface area is 182 Å². The minimum Gasteiger partial charge on any atom is -0.488 e. The van der Waals surface area contributed by atoms with Crippen molar-refractivity contribution in [3.8, 4) is 5.75 Å². The second-order valence-electron chi connectivity index (χ2n) is 7.05. The molecule has 0 atom stereocenters. The van der Waals surface area contributed by atoms with Crippen molar-refractivity contribution in [1.82, 2.24) is 0 Å². The SMILES string of the molecule is Cc1cc(C2=N/C(=C\c3ccccc3OCc3ccc(F)cc3)C(=O)O2)ccc1[N+](=O)[O-]. The number of carbonyl (C=O) groups excluding carboxylic acids is 1. The second kappa shape index (κ2) is 8.81. The summed E-state index contributed by atoms with van der Waals surface area (Å²) in [7, 11) is 0. The summed E-state index contributed by atoms with van der Waals surface area (Å²) < 4.78 is 24.2. The third kappa shape index (κ3) is 4.54. The first kappa shape index (κ1) is 20.9. The summed E-state index contributed by atoms with van der Waals surface area (Å²) in [4.78, 5) is 27.1. The highest BCUT2D eigenvalue weighted by atomic mass is 19.1. The lowest BCUT2D eigenvalue weighted by atomic mass is 10.1. The average Bonchev–Trinajstić information content (AvgIpc) is 3.14. The Bertz CT molecular complexity index is 1270. The molecule has 0 N–H and O–H groups in total. The zero-order valence-corrected chi connectivity index (χ0v) is 16.9. The molecule has 0 spiro atoms. The number of ether oxygens (including phenoxy) is 2. The van der Waals surface area contributed by atoms with E-state index in [1.807, 2.05) is 0 Å². The van der Waals surface area contributed by atoms with Gasteiger partial charge in [0.05, 0.1) is 4.92 Å². The number of carbonyl (C=O) groups is 1. The summed E-state index contributed by atoms with van der Waals surface area (Å²) in [5, 5.41) is 11.0. The predicted molar refractivity (Wildman–Crippen MR) is 116 cm³/mol. The normalized spacial score (nSPS) is 14.2. The Kier molecular flexibility index (Phi) is 5.76. The van der Waals surface area contributed by atoms with Crippen LogP contribution in [-0.2, 0) is 16.1 Å². The van der Waals surface area contributed by atoms with Crippen molar-refractivity contribution in [2.75, 3.05) is 0 Å². The quantitative estimate of drug-likeness (QED) is 0.237. The summed E-state index contributed by atoms with van der Waals surface area (Å²) in [6.07, 6.45) is 1.55. The molecule has 3 aromatic rings. The van der Waals surface area contributed by atoms with Crippen molar-refractivity contribution < 1.29 is 23.6 Å². The summed E-state index contributed by atoms with van der Waals surface area (Å²) in [5.74, 6) is -0.365. The second-order valence-corrected chi connectivity index (χ2v) is 7.05. The number of aryl methyl sites for hydroxylation is 1. The lowest BCUT2D eigenvalue weighted by molar-refractivity contribution is -0.385. The fourth-order valence-electron chi connectivity index (χ4n) is 3.15. The van der Waals surface area contributed by atoms with Crippen LogP contribution in [0.5, 0.6) is 5.75 Å². The van der Waals surface area contributed by atoms with Gasteiger partial charge in [0.1, 0.15) is 18.2 Å². The Morgan fingerprint density at radius 2 is 1.88 bits per heavy atom. The molecule has 0 fully saturated rings. The summed E-state index contributed by atoms with van der Waals surface area (Å²) in [5.41, 5.74) is 2.36. The van der Waals surface area contributed by atoms with E-state index >= 15 is 0 Å². The van der Waals surface area contributed by atoms with Gasteiger partial charge >= 0.3 is 5.97 Å². The monoisotopic (exact) mass is 432 g/mol. The highest BCUT2D eigenvalue weighted by Crippen LogP contribution is 2.27. The molecule has 32 heavy (non-hydrogen) atoms. The molecule has 0 unspecified atom stereocenters. The summed E-state index contributed by atoms with van der Waals surface area (Å²) in [6, 6.07) is 17.5. The topological polar surface area (TPSA) is 91.0 Å². The Morgan fingerprint density at radius 1 is 1.12 bits per heavy atom. The third-order valence-corrected chi connectivity index (χ3v) is 4.78. The smallest absolute Gasteiger partial charge is 0.363 e. The van der Waals surface area contributed by atoms with Gasteiger partial charge in [0.15, 0.2) is 5.70 Å². The van der Waals surface area contributed by atoms with Crippen molar-refractivity contribution in [1.29, 1.82) is 0 Å². The Hall–Kier alpha value is -4.33. The van der Waals surface area contributed by atoms with E-state index in [0.29, 0.717) is 22.4 Å². The third-order valence-electron chi connectivity index (χ3n) is 4.78. The van der Waals surface area contributed by atoms with Crippen molar-refractivity contribution in [2.45, 2.75) is 13.5 Å². The Morgan fingerprint density at radius 3 is 2.59 bits per heavy atom. The standard InChI is InChI=1S/C24H17FN2O5/c1-15-12-18(8-11-21(15)27(29)30)23-26-20(24(28)32-23)13-17-4-2-3-5-22(17)31-14-16-6-9-19(25)10-7-16/h2-13H,14H2,1H3/b20-13-. The van der Waals surface area contributed by atoms with Gasteiger partial charge in [0.25, 0.3) is 5.69 Å². The van der Waals surface area contributed by atoms with Crippen LogP contribution in [-0.4, -0.2) is 16.8 Å². The van der Waals surface area contributed by atoms with Gasteiger partial charge in [-0.05, 0) is 48.9 Å². The van der Waals surface area contributed by atoms with Gasteiger partial charge in [-0.15, -0.1) is 0 Å². The van der Waals surface area contributed by atoms with Crippen LogP contribution in [0.4, 0.5) is 10.1 Å². The molecule has 0 aromatic heterocycles. The van der Waals surface area contributed by atoms with Crippen molar-refractivity contribution in [2.24, 2.45) is 4.99 Å². The minimum atomic E-state index is -0.635. The molecule has 1 heterocycles. The lowest BCUT2D eigenvalue weighted by Crippen LogP contribution is -2.06. The van der Waals surface area contributed by atoms with Gasteiger partial charge in [-0.3, -0.25) is 10.1 Å². The van der Waals surface area contributed by atoms with Gasteiger partial charge in [-0.25, -0.2) is 14.2 Å². The number of nitrogens with zero attached hydrogens (tertiary/aromatic N) is 2. The maximum atomic E-state index is 13.1. The van der Waals surface area contributed by atoms with Crippen LogP contribution in [0.25, 0.3) is 6.08 Å². The summed E-state index contributed by atoms with van der Waals surface area (Å²) in [6.45, 7) is 1.83. The number of nitro groups is 1. The van der Waals surface area contributed by atoms with Gasteiger partial charge < -0.3 is 9.47 Å². The number of esters is 1. The van der Waals surface area contributed by atoms with Crippen LogP contribution in [0, 0.1) is 22.9 Å². The molecule has 0 saturated heterocycles. The van der Waals surface area contributed by atoms with Crippen LogP contribution in [0.15, 0.2) is 77.4 Å². The van der Waals surface area contributed by atoms with Crippen molar-refractivity contribution in [3.05, 3.63) is 111 Å². The molecule has 3 aromatic carbocycles. The molecule has 1 aliphatic heterocycles. The van der Waals surface area contributed by atoms with Crippen molar-refractivity contribution in [3.63, 3.8) is 0 Å². The maximum absolute atomic E-state index is 13.1. The fraction of sp³-hybridized carbons (Fsp3) is 0.0833. The molecular weight excluding hydrogens is 415 g/mol. The molecule has 7 nitrogen and oxygen atoms in total. The molecule has 0 aliphatic carbocycles. The number of cyclic esters (lactones) is 1. The zero-order valence-electron chi connectivity index (χ0n) is 16.9. The maximum Gasteiger partial charge on any atom is 0.363 e. The molecule has 8 heteroatoms. The van der Waals surface area contributed by atoms with Crippen molar-refractivity contribution >= 4 is 23.6 Å². The highest BCUT2D eigenvalue weighted by Gasteiger charge is 2.25. The predicted octanol–water partition coefficient (Wildman–Crippen LogP) is 4.97. The van der Waals surface area contributed by atoms with E-state index in [4.69, 9.17) is 9.47 Å². The number of halogens is 1. The molecule has 4 rings (SSSR count). The van der Waals surface area contributed by atoms with E-state index in [-0.39, 0.29) is 29.7 Å². The van der Waals surface area contributed by atoms with Crippen LogP contribution in [0.2, 0.25) is 0 Å². The van der Waals surface area contributed by atoms with E-state index in [0.717, 1.165) is 5.56 Å². The number of hydrogen-bond donors (Lipinski definition) is 0. The zero-order chi connectivity index (χ0) is 22.7. The average molecular weight is 432 g/mol. The molecule has 1 aliphatic rings. The Balaban J connectivity index is 1.58. The lowest BCUT2D eigenvalue weighted by Gasteiger charge is -2.09. The molecule has 0 bridgehead atoms. The molecule has 160 valence electrons. The fourth-order valence-corrected chi connectivity index (χ4v) is 3.15. The van der Waals surface area contributed by atoms with Gasteiger partial charge in [-0.2, -0.15) is 0 Å². The van der Waals surface area contributed by atoms with Crippen LogP contribution < -0.4 is 4.74 Å². The number of rotatable bonds is 6. The number of aliphatic imine (C=N–C) groups is 1. The van der Waals surface area contributed by atoms with Crippen LogP contribution >= 0.6 is 0 Å². The van der Waals surface area contributed by atoms with E-state index in [2.05, 4.69) is 4.99 Å². The van der Waals surface area contributed by atoms with Gasteiger partial charge in [0.2, 0.25) is 5.90 Å². The first-order chi connectivity index (χ1) is 15.4. The number of para-hydroxylation sites is 1. The van der Waals surface area contributed by atoms with E-state index in [9.17, 15) is 19.3 Å². The molecular formula is C24H17FN2O5. The first-order valence-electron chi connectivity index (χ1n) is 9.65. The van der Waals surface area contributed by atoms with E-state index < -0.39 is 10.9 Å². The highest BCUT2D eigenvalue weighted by molar-refractivity contribution is 6.13. The summed E-state index contributed by atoms with van der Waals surface area (Å²) >= 11 is 0. The van der Waals surface area contributed by atoms with Crippen LogP contribution in [0.1, 0.15) is 22.3 Å². The molecule has 0 amide bonds. The van der Waals surface area contributed by atoms with E-state index in [1.54, 1.807) is 55.5 Å². The number of benzene rings is 3. The minimum absolute atomic E-state index is 0.0262. The van der Waals surface area contributed by atoms with E-state index in [1.165, 1.54) is 24.3 Å². The molecule has 0 saturated carbocycles. The number of nitro benzene ring substituents is 1. The largest absolute Gasteiger partial charge is 0.488 e. The number of hydrogen-bond acceptors (Lipinski definition) is 6.